The van der Waals surface area contributed by atoms with Crippen LogP contribution in [0.15, 0.2) is 0 Å². The van der Waals surface area contributed by atoms with Gasteiger partial charge in [-0.25, -0.2) is 8.78 Å². The Morgan fingerprint density at radius 3 is 2.50 bits per heavy atom. The molecule has 1 atom stereocenters. The monoisotopic (exact) mass is 148 g/mol. The fourth-order valence-electron chi connectivity index (χ4n) is 1.29. The number of hydrogen-bond acceptors (Lipinski definition) is 1. The third-order valence-corrected chi connectivity index (χ3v) is 1.98. The lowest BCUT2D eigenvalue weighted by Gasteiger charge is -2.26. The molecule has 1 unspecified atom stereocenters. The van der Waals surface area contributed by atoms with Crippen LogP contribution < -0.4 is 0 Å². The number of alkyl halides is 2. The third kappa shape index (κ3) is 1.33. The molecule has 0 aromatic rings. The van der Waals surface area contributed by atoms with Gasteiger partial charge in [-0.1, -0.05) is 6.42 Å². The smallest absolute Gasteiger partial charge is 0.257 e. The Hall–Kier alpha value is -0.470. The number of carbonyl (C=O) groups excluding carboxylic acids is 1. The maximum absolute atomic E-state index is 12.6. The zero-order valence-electron chi connectivity index (χ0n) is 5.65. The quantitative estimate of drug-likeness (QED) is 0.520. The van der Waals surface area contributed by atoms with Crippen molar-refractivity contribution in [2.24, 2.45) is 5.92 Å². The van der Waals surface area contributed by atoms with E-state index in [-0.39, 0.29) is 6.42 Å². The van der Waals surface area contributed by atoms with E-state index in [1.54, 1.807) is 0 Å². The van der Waals surface area contributed by atoms with Crippen molar-refractivity contribution in [2.75, 3.05) is 0 Å². The van der Waals surface area contributed by atoms with Gasteiger partial charge in [0.05, 0.1) is 5.92 Å². The molecular weight excluding hydrogens is 138 g/mol. The van der Waals surface area contributed by atoms with Gasteiger partial charge in [-0.15, -0.1) is 0 Å². The highest BCUT2D eigenvalue weighted by atomic mass is 19.3. The Kier molecular flexibility index (Phi) is 2.02. The van der Waals surface area contributed by atoms with Crippen LogP contribution in [-0.4, -0.2) is 12.2 Å². The minimum Gasteiger partial charge on any atom is -0.303 e. The molecule has 0 N–H and O–H groups in total. The molecule has 0 heterocycles. The molecule has 0 radical (unpaired) electrons. The maximum Gasteiger partial charge on any atom is 0.257 e. The molecule has 1 nitrogen and oxygen atoms in total. The largest absolute Gasteiger partial charge is 0.303 e. The SMILES string of the molecule is O=CC1CCCCC1(F)F. The van der Waals surface area contributed by atoms with Crippen molar-refractivity contribution in [3.63, 3.8) is 0 Å². The summed E-state index contributed by atoms with van der Waals surface area (Å²) in [5, 5.41) is 0. The number of carbonyl (C=O) groups is 1. The Labute approximate surface area is 58.4 Å². The molecule has 0 spiro atoms. The van der Waals surface area contributed by atoms with Crippen molar-refractivity contribution in [2.45, 2.75) is 31.6 Å². The van der Waals surface area contributed by atoms with E-state index < -0.39 is 11.8 Å². The lowest BCUT2D eigenvalue weighted by atomic mass is 9.87. The van der Waals surface area contributed by atoms with Gasteiger partial charge in [-0.05, 0) is 12.8 Å². The van der Waals surface area contributed by atoms with Gasteiger partial charge >= 0.3 is 0 Å². The number of halogens is 2. The van der Waals surface area contributed by atoms with Crippen molar-refractivity contribution in [3.05, 3.63) is 0 Å². The molecule has 1 aliphatic carbocycles. The van der Waals surface area contributed by atoms with Crippen LogP contribution in [0.25, 0.3) is 0 Å². The van der Waals surface area contributed by atoms with E-state index in [2.05, 4.69) is 0 Å². The van der Waals surface area contributed by atoms with Gasteiger partial charge in [-0.3, -0.25) is 0 Å². The van der Waals surface area contributed by atoms with Gasteiger partial charge in [-0.2, -0.15) is 0 Å². The van der Waals surface area contributed by atoms with Crippen LogP contribution in [0.3, 0.4) is 0 Å². The van der Waals surface area contributed by atoms with E-state index in [0.29, 0.717) is 19.1 Å². The molecule has 1 fully saturated rings. The molecule has 0 bridgehead atoms. The summed E-state index contributed by atoms with van der Waals surface area (Å²) < 4.78 is 25.3. The van der Waals surface area contributed by atoms with Crippen molar-refractivity contribution in [3.8, 4) is 0 Å². The van der Waals surface area contributed by atoms with E-state index in [4.69, 9.17) is 0 Å². The minimum absolute atomic E-state index is 0.115. The molecule has 0 aromatic carbocycles. The van der Waals surface area contributed by atoms with Crippen LogP contribution in [0.4, 0.5) is 8.78 Å². The van der Waals surface area contributed by atoms with Crippen LogP contribution >= 0.6 is 0 Å². The van der Waals surface area contributed by atoms with Crippen LogP contribution in [0, 0.1) is 5.92 Å². The zero-order valence-corrected chi connectivity index (χ0v) is 5.65. The van der Waals surface area contributed by atoms with Gasteiger partial charge in [0, 0.05) is 6.42 Å². The summed E-state index contributed by atoms with van der Waals surface area (Å²) in [5.74, 6) is -3.73. The molecule has 3 heteroatoms. The van der Waals surface area contributed by atoms with Crippen molar-refractivity contribution < 1.29 is 13.6 Å². The average molecular weight is 148 g/mol. The highest BCUT2D eigenvalue weighted by Crippen LogP contribution is 2.36. The predicted molar refractivity (Wildman–Crippen MR) is 33.0 cm³/mol. The van der Waals surface area contributed by atoms with E-state index in [9.17, 15) is 13.6 Å². The first kappa shape index (κ1) is 7.63. The fraction of sp³-hybridized carbons (Fsp3) is 0.857. The van der Waals surface area contributed by atoms with E-state index in [1.807, 2.05) is 0 Å². The summed E-state index contributed by atoms with van der Waals surface area (Å²) in [5.41, 5.74) is 0. The molecule has 0 aliphatic heterocycles. The number of aldehydes is 1. The van der Waals surface area contributed by atoms with Crippen molar-refractivity contribution >= 4 is 6.29 Å². The first-order valence-corrected chi connectivity index (χ1v) is 3.50. The van der Waals surface area contributed by atoms with Crippen LogP contribution in [0.1, 0.15) is 25.7 Å². The highest BCUT2D eigenvalue weighted by molar-refractivity contribution is 5.55. The lowest BCUT2D eigenvalue weighted by molar-refractivity contribution is -0.130. The Morgan fingerprint density at radius 1 is 1.40 bits per heavy atom. The van der Waals surface area contributed by atoms with E-state index in [1.165, 1.54) is 0 Å². The summed E-state index contributed by atoms with van der Waals surface area (Å²) >= 11 is 0. The lowest BCUT2D eigenvalue weighted by Crippen LogP contribution is -2.32. The highest BCUT2D eigenvalue weighted by Gasteiger charge is 2.40. The molecule has 10 heavy (non-hydrogen) atoms. The Bertz CT molecular complexity index is 134. The van der Waals surface area contributed by atoms with Gasteiger partial charge in [0.15, 0.2) is 0 Å². The number of rotatable bonds is 1. The standard InChI is InChI=1S/C7H10F2O/c8-7(9)4-2-1-3-6(7)5-10/h5-6H,1-4H2. The first-order chi connectivity index (χ1) is 4.67. The second-order valence-electron chi connectivity index (χ2n) is 2.75. The molecular formula is C7H10F2O. The first-order valence-electron chi connectivity index (χ1n) is 3.50. The normalized spacial score (nSPS) is 31.6. The van der Waals surface area contributed by atoms with Crippen LogP contribution in [-0.2, 0) is 4.79 Å². The second-order valence-corrected chi connectivity index (χ2v) is 2.75. The molecule has 1 aliphatic rings. The van der Waals surface area contributed by atoms with Crippen molar-refractivity contribution in [1.82, 2.24) is 0 Å². The minimum atomic E-state index is -2.72. The summed E-state index contributed by atoms with van der Waals surface area (Å²) in [6, 6.07) is 0. The Morgan fingerprint density at radius 2 is 2.10 bits per heavy atom. The van der Waals surface area contributed by atoms with E-state index >= 15 is 0 Å². The molecule has 58 valence electrons. The molecule has 0 amide bonds. The third-order valence-electron chi connectivity index (χ3n) is 1.98. The zero-order chi connectivity index (χ0) is 7.61. The van der Waals surface area contributed by atoms with Gasteiger partial charge < -0.3 is 4.79 Å². The fourth-order valence-corrected chi connectivity index (χ4v) is 1.29. The van der Waals surface area contributed by atoms with Gasteiger partial charge in [0.1, 0.15) is 6.29 Å². The Balaban J connectivity index is 2.59. The number of hydrogen-bond donors (Lipinski definition) is 0. The summed E-state index contributed by atoms with van der Waals surface area (Å²) in [4.78, 5) is 10.1. The van der Waals surface area contributed by atoms with Crippen molar-refractivity contribution in [1.29, 1.82) is 0 Å². The summed E-state index contributed by atoms with van der Waals surface area (Å²) in [6.07, 6.45) is 1.95. The summed E-state index contributed by atoms with van der Waals surface area (Å²) in [6.45, 7) is 0. The molecule has 1 rings (SSSR count). The van der Waals surface area contributed by atoms with E-state index in [0.717, 1.165) is 6.42 Å². The van der Waals surface area contributed by atoms with Crippen LogP contribution in [0.5, 0.6) is 0 Å². The second kappa shape index (κ2) is 2.64. The summed E-state index contributed by atoms with van der Waals surface area (Å²) in [7, 11) is 0. The maximum atomic E-state index is 12.6. The average Bonchev–Trinajstić information content (AvgIpc) is 1.87. The van der Waals surface area contributed by atoms with Gasteiger partial charge in [0.25, 0.3) is 5.92 Å². The molecule has 1 saturated carbocycles. The van der Waals surface area contributed by atoms with Crippen LogP contribution in [0.2, 0.25) is 0 Å². The topological polar surface area (TPSA) is 17.1 Å². The van der Waals surface area contributed by atoms with Gasteiger partial charge in [0.2, 0.25) is 0 Å². The molecule has 0 saturated heterocycles. The predicted octanol–water partition coefficient (Wildman–Crippen LogP) is 2.01. The molecule has 0 aromatic heterocycles.